The lowest BCUT2D eigenvalue weighted by Gasteiger charge is -2.06. The van der Waals surface area contributed by atoms with Gasteiger partial charge >= 0.3 is 5.97 Å². The van der Waals surface area contributed by atoms with Crippen LogP contribution in [-0.2, 0) is 11.2 Å². The fourth-order valence-corrected chi connectivity index (χ4v) is 2.07. The number of carboxylic acids is 1. The van der Waals surface area contributed by atoms with Crippen molar-refractivity contribution >= 4 is 29.2 Å². The van der Waals surface area contributed by atoms with Crippen LogP contribution in [0.3, 0.4) is 0 Å². The third-order valence-electron chi connectivity index (χ3n) is 2.65. The van der Waals surface area contributed by atoms with Crippen molar-refractivity contribution in [3.63, 3.8) is 0 Å². The van der Waals surface area contributed by atoms with Crippen LogP contribution in [0.4, 0.5) is 4.39 Å². The number of benzene rings is 2. The first-order chi connectivity index (χ1) is 8.97. The number of carboxylic acid groups (broad SMARTS) is 1. The minimum atomic E-state index is -0.952. The van der Waals surface area contributed by atoms with E-state index in [1.165, 1.54) is 12.1 Å². The number of aliphatic carboxylic acids is 1. The molecule has 1 N–H and O–H groups in total. The fraction of sp³-hybridized carbons (Fsp3) is 0.0714. The summed E-state index contributed by atoms with van der Waals surface area (Å²) >= 11 is 11.6. The minimum Gasteiger partial charge on any atom is -0.481 e. The van der Waals surface area contributed by atoms with Crippen LogP contribution in [0.15, 0.2) is 36.4 Å². The van der Waals surface area contributed by atoms with E-state index in [2.05, 4.69) is 0 Å². The molecule has 0 heterocycles. The zero-order valence-electron chi connectivity index (χ0n) is 9.66. The molecule has 0 aromatic heterocycles. The standard InChI is InChI=1S/C14H9Cl2FO2/c15-11-4-3-9(6-13(11)17)8-1-2-10(7-14(18)19)12(16)5-8/h1-6H,7H2,(H,18,19). The first-order valence-corrected chi connectivity index (χ1v) is 6.18. The number of hydrogen-bond donors (Lipinski definition) is 1. The molecule has 98 valence electrons. The Morgan fingerprint density at radius 1 is 1.05 bits per heavy atom. The van der Waals surface area contributed by atoms with Crippen LogP contribution in [0.5, 0.6) is 0 Å². The fourth-order valence-electron chi connectivity index (χ4n) is 1.71. The van der Waals surface area contributed by atoms with E-state index in [0.717, 1.165) is 0 Å². The molecule has 2 rings (SSSR count). The Labute approximate surface area is 119 Å². The third-order valence-corrected chi connectivity index (χ3v) is 3.31. The summed E-state index contributed by atoms with van der Waals surface area (Å²) < 4.78 is 13.4. The minimum absolute atomic E-state index is 0.0531. The van der Waals surface area contributed by atoms with Gasteiger partial charge in [-0.3, -0.25) is 4.79 Å². The summed E-state index contributed by atoms with van der Waals surface area (Å²) in [6.07, 6.45) is -0.145. The third kappa shape index (κ3) is 3.25. The van der Waals surface area contributed by atoms with Crippen molar-refractivity contribution in [1.82, 2.24) is 0 Å². The van der Waals surface area contributed by atoms with Crippen LogP contribution in [0.25, 0.3) is 11.1 Å². The zero-order chi connectivity index (χ0) is 14.0. The molecule has 2 aromatic carbocycles. The van der Waals surface area contributed by atoms with Crippen molar-refractivity contribution in [2.24, 2.45) is 0 Å². The second-order valence-corrected chi connectivity index (χ2v) is 4.82. The molecule has 0 bridgehead atoms. The van der Waals surface area contributed by atoms with Gasteiger partial charge in [-0.25, -0.2) is 4.39 Å². The Morgan fingerprint density at radius 2 is 1.68 bits per heavy atom. The van der Waals surface area contributed by atoms with Crippen molar-refractivity contribution in [3.8, 4) is 11.1 Å². The molecule has 2 nitrogen and oxygen atoms in total. The highest BCUT2D eigenvalue weighted by molar-refractivity contribution is 6.32. The predicted octanol–water partition coefficient (Wildman–Crippen LogP) is 4.43. The number of halogens is 3. The van der Waals surface area contributed by atoms with Gasteiger partial charge in [-0.15, -0.1) is 0 Å². The van der Waals surface area contributed by atoms with Gasteiger partial charge in [0.05, 0.1) is 11.4 Å². The zero-order valence-corrected chi connectivity index (χ0v) is 11.2. The van der Waals surface area contributed by atoms with Gasteiger partial charge in [0.15, 0.2) is 0 Å². The van der Waals surface area contributed by atoms with E-state index >= 15 is 0 Å². The molecule has 19 heavy (non-hydrogen) atoms. The highest BCUT2D eigenvalue weighted by atomic mass is 35.5. The van der Waals surface area contributed by atoms with Crippen LogP contribution in [-0.4, -0.2) is 11.1 Å². The molecule has 0 saturated carbocycles. The maximum absolute atomic E-state index is 13.4. The summed E-state index contributed by atoms with van der Waals surface area (Å²) in [6.45, 7) is 0. The molecule has 2 aromatic rings. The molecule has 0 aliphatic heterocycles. The molecule has 0 atom stereocenters. The van der Waals surface area contributed by atoms with Crippen molar-refractivity contribution in [2.75, 3.05) is 0 Å². The summed E-state index contributed by atoms with van der Waals surface area (Å²) in [6, 6.07) is 9.39. The lowest BCUT2D eigenvalue weighted by molar-refractivity contribution is -0.136. The van der Waals surface area contributed by atoms with Gasteiger partial charge < -0.3 is 5.11 Å². The lowest BCUT2D eigenvalue weighted by Crippen LogP contribution is -2.00. The van der Waals surface area contributed by atoms with Crippen molar-refractivity contribution < 1.29 is 14.3 Å². The van der Waals surface area contributed by atoms with E-state index in [1.54, 1.807) is 24.3 Å². The summed E-state index contributed by atoms with van der Waals surface area (Å²) in [4.78, 5) is 10.6. The van der Waals surface area contributed by atoms with Gasteiger partial charge in [-0.1, -0.05) is 41.4 Å². The number of rotatable bonds is 3. The van der Waals surface area contributed by atoms with E-state index in [1.807, 2.05) is 0 Å². The number of carbonyl (C=O) groups is 1. The summed E-state index contributed by atoms with van der Waals surface area (Å²) in [5.41, 5.74) is 1.85. The van der Waals surface area contributed by atoms with Crippen LogP contribution >= 0.6 is 23.2 Å². The van der Waals surface area contributed by atoms with Crippen LogP contribution in [0.1, 0.15) is 5.56 Å². The molecule has 0 aliphatic rings. The number of hydrogen-bond acceptors (Lipinski definition) is 1. The summed E-state index contributed by atoms with van der Waals surface area (Å²) in [5.74, 6) is -1.46. The molecule has 0 fully saturated rings. The van der Waals surface area contributed by atoms with Crippen LogP contribution < -0.4 is 0 Å². The Kier molecular flexibility index (Phi) is 4.08. The molecule has 0 unspecified atom stereocenters. The lowest BCUT2D eigenvalue weighted by atomic mass is 10.0. The largest absolute Gasteiger partial charge is 0.481 e. The maximum atomic E-state index is 13.4. The maximum Gasteiger partial charge on any atom is 0.307 e. The van der Waals surface area contributed by atoms with E-state index in [9.17, 15) is 9.18 Å². The highest BCUT2D eigenvalue weighted by Gasteiger charge is 2.08. The Hall–Kier alpha value is -1.58. The Bertz CT molecular complexity index is 641. The monoisotopic (exact) mass is 298 g/mol. The molecule has 0 radical (unpaired) electrons. The van der Waals surface area contributed by atoms with E-state index < -0.39 is 11.8 Å². The van der Waals surface area contributed by atoms with Gasteiger partial charge in [0.25, 0.3) is 0 Å². The quantitative estimate of drug-likeness (QED) is 0.910. The van der Waals surface area contributed by atoms with E-state index in [-0.39, 0.29) is 11.4 Å². The van der Waals surface area contributed by atoms with Crippen molar-refractivity contribution in [3.05, 3.63) is 57.8 Å². The average molecular weight is 299 g/mol. The van der Waals surface area contributed by atoms with Gasteiger partial charge in [0.2, 0.25) is 0 Å². The van der Waals surface area contributed by atoms with Crippen LogP contribution in [0.2, 0.25) is 10.0 Å². The highest BCUT2D eigenvalue weighted by Crippen LogP contribution is 2.28. The van der Waals surface area contributed by atoms with Crippen molar-refractivity contribution in [2.45, 2.75) is 6.42 Å². The second-order valence-electron chi connectivity index (χ2n) is 4.01. The Morgan fingerprint density at radius 3 is 2.26 bits per heavy atom. The smallest absolute Gasteiger partial charge is 0.307 e. The first kappa shape index (κ1) is 13.8. The van der Waals surface area contributed by atoms with Crippen molar-refractivity contribution in [1.29, 1.82) is 0 Å². The van der Waals surface area contributed by atoms with Gasteiger partial charge in [0.1, 0.15) is 5.82 Å². The van der Waals surface area contributed by atoms with Crippen LogP contribution in [0, 0.1) is 5.82 Å². The average Bonchev–Trinajstić information content (AvgIpc) is 2.35. The normalized spacial score (nSPS) is 10.5. The SMILES string of the molecule is O=C(O)Cc1ccc(-c2ccc(Cl)c(F)c2)cc1Cl. The molecular formula is C14H9Cl2FO2. The van der Waals surface area contributed by atoms with E-state index in [0.29, 0.717) is 21.7 Å². The molecular weight excluding hydrogens is 290 g/mol. The first-order valence-electron chi connectivity index (χ1n) is 5.43. The van der Waals surface area contributed by atoms with Gasteiger partial charge in [-0.2, -0.15) is 0 Å². The summed E-state index contributed by atoms with van der Waals surface area (Å²) in [7, 11) is 0. The van der Waals surface area contributed by atoms with Gasteiger partial charge in [0, 0.05) is 5.02 Å². The molecule has 0 saturated heterocycles. The Balaban J connectivity index is 2.38. The summed E-state index contributed by atoms with van der Waals surface area (Å²) in [5, 5.41) is 9.12. The second kappa shape index (κ2) is 5.59. The molecule has 0 spiro atoms. The predicted molar refractivity (Wildman–Crippen MR) is 73.2 cm³/mol. The van der Waals surface area contributed by atoms with E-state index in [4.69, 9.17) is 28.3 Å². The molecule has 0 aliphatic carbocycles. The topological polar surface area (TPSA) is 37.3 Å². The molecule has 5 heteroatoms. The molecule has 0 amide bonds. The van der Waals surface area contributed by atoms with Gasteiger partial charge in [-0.05, 0) is 34.9 Å².